The maximum Gasteiger partial charge on any atom is 0.237 e. The molecule has 1 aromatic rings. The lowest BCUT2D eigenvalue weighted by Gasteiger charge is -2.13. The van der Waals surface area contributed by atoms with E-state index >= 15 is 0 Å². The Balaban J connectivity index is 2.29. The van der Waals surface area contributed by atoms with E-state index in [0.717, 1.165) is 6.42 Å². The number of aliphatic hydroxyl groups excluding tert-OH is 1. The molecule has 1 aromatic carbocycles. The quantitative estimate of drug-likeness (QED) is 0.671. The number of nitrogens with one attached hydrogen (secondary N) is 1. The zero-order valence-electron chi connectivity index (χ0n) is 10.1. The first-order chi connectivity index (χ1) is 8.09. The summed E-state index contributed by atoms with van der Waals surface area (Å²) in [7, 11) is 0. The fourth-order valence-electron chi connectivity index (χ4n) is 1.48. The average Bonchev–Trinajstić information content (AvgIpc) is 2.34. The SMILES string of the molecule is C[C@H](O)CNC(=O)C(N)CCc1ccccc1. The zero-order chi connectivity index (χ0) is 12.7. The van der Waals surface area contributed by atoms with Crippen molar-refractivity contribution in [3.63, 3.8) is 0 Å². The van der Waals surface area contributed by atoms with Crippen LogP contribution in [-0.2, 0) is 11.2 Å². The van der Waals surface area contributed by atoms with Gasteiger partial charge in [-0.3, -0.25) is 4.79 Å². The summed E-state index contributed by atoms with van der Waals surface area (Å²) < 4.78 is 0. The molecule has 4 nitrogen and oxygen atoms in total. The van der Waals surface area contributed by atoms with Gasteiger partial charge in [0, 0.05) is 6.54 Å². The molecule has 0 aliphatic heterocycles. The number of rotatable bonds is 6. The molecule has 4 heteroatoms. The Kier molecular flexibility index (Phi) is 5.66. The van der Waals surface area contributed by atoms with Crippen LogP contribution in [-0.4, -0.2) is 29.7 Å². The molecule has 0 spiro atoms. The molecule has 4 N–H and O–H groups in total. The Labute approximate surface area is 102 Å². The Morgan fingerprint density at radius 2 is 2.06 bits per heavy atom. The van der Waals surface area contributed by atoms with Crippen molar-refractivity contribution in [2.45, 2.75) is 31.9 Å². The minimum atomic E-state index is -0.541. The minimum Gasteiger partial charge on any atom is -0.392 e. The lowest BCUT2D eigenvalue weighted by molar-refractivity contribution is -0.122. The van der Waals surface area contributed by atoms with Crippen LogP contribution in [0, 0.1) is 0 Å². The summed E-state index contributed by atoms with van der Waals surface area (Å²) in [5.41, 5.74) is 6.93. The van der Waals surface area contributed by atoms with Gasteiger partial charge in [-0.1, -0.05) is 30.3 Å². The number of amides is 1. The molecule has 0 aliphatic rings. The largest absolute Gasteiger partial charge is 0.392 e. The molecular formula is C13H20N2O2. The topological polar surface area (TPSA) is 75.3 Å². The molecular weight excluding hydrogens is 216 g/mol. The summed E-state index contributed by atoms with van der Waals surface area (Å²) in [6.07, 6.45) is 0.847. The molecule has 0 heterocycles. The van der Waals surface area contributed by atoms with E-state index in [1.807, 2.05) is 30.3 Å². The maximum absolute atomic E-state index is 11.5. The summed E-state index contributed by atoms with van der Waals surface area (Å²) in [6.45, 7) is 1.87. The second-order valence-corrected chi connectivity index (χ2v) is 4.22. The summed E-state index contributed by atoms with van der Waals surface area (Å²) >= 11 is 0. The molecule has 0 bridgehead atoms. The lowest BCUT2D eigenvalue weighted by atomic mass is 10.1. The molecule has 17 heavy (non-hydrogen) atoms. The number of aliphatic hydroxyl groups is 1. The van der Waals surface area contributed by atoms with E-state index in [0.29, 0.717) is 6.42 Å². The zero-order valence-corrected chi connectivity index (χ0v) is 10.1. The normalized spacial score (nSPS) is 14.1. The van der Waals surface area contributed by atoms with Crippen LogP contribution in [0.4, 0.5) is 0 Å². The fraction of sp³-hybridized carbons (Fsp3) is 0.462. The Hall–Kier alpha value is -1.39. The second kappa shape index (κ2) is 7.04. The van der Waals surface area contributed by atoms with Crippen LogP contribution in [0.2, 0.25) is 0 Å². The first-order valence-corrected chi connectivity index (χ1v) is 5.85. The van der Waals surface area contributed by atoms with Crippen LogP contribution in [0.1, 0.15) is 18.9 Å². The molecule has 0 saturated heterocycles. The van der Waals surface area contributed by atoms with Gasteiger partial charge in [-0.2, -0.15) is 0 Å². The van der Waals surface area contributed by atoms with Crippen LogP contribution >= 0.6 is 0 Å². The van der Waals surface area contributed by atoms with Crippen LogP contribution in [0.3, 0.4) is 0 Å². The van der Waals surface area contributed by atoms with Gasteiger partial charge in [-0.25, -0.2) is 0 Å². The molecule has 0 fully saturated rings. The number of hydrogen-bond donors (Lipinski definition) is 3. The van der Waals surface area contributed by atoms with Crippen molar-refractivity contribution < 1.29 is 9.90 Å². The van der Waals surface area contributed by atoms with Gasteiger partial charge < -0.3 is 16.2 Å². The minimum absolute atomic E-state index is 0.207. The highest BCUT2D eigenvalue weighted by molar-refractivity contribution is 5.81. The molecule has 94 valence electrons. The van der Waals surface area contributed by atoms with Crippen molar-refractivity contribution in [3.8, 4) is 0 Å². The van der Waals surface area contributed by atoms with Crippen molar-refractivity contribution in [3.05, 3.63) is 35.9 Å². The second-order valence-electron chi connectivity index (χ2n) is 4.22. The van der Waals surface area contributed by atoms with Crippen molar-refractivity contribution in [2.75, 3.05) is 6.54 Å². The van der Waals surface area contributed by atoms with Crippen molar-refractivity contribution >= 4 is 5.91 Å². The van der Waals surface area contributed by atoms with Crippen LogP contribution in [0.25, 0.3) is 0 Å². The molecule has 1 rings (SSSR count). The van der Waals surface area contributed by atoms with Gasteiger partial charge in [-0.15, -0.1) is 0 Å². The monoisotopic (exact) mass is 236 g/mol. The summed E-state index contributed by atoms with van der Waals surface area (Å²) in [5, 5.41) is 11.6. The number of carbonyl (C=O) groups excluding carboxylic acids is 1. The third kappa shape index (κ3) is 5.47. The van der Waals surface area contributed by atoms with Crippen LogP contribution in [0.15, 0.2) is 30.3 Å². The van der Waals surface area contributed by atoms with Gasteiger partial charge in [0.2, 0.25) is 5.91 Å². The van der Waals surface area contributed by atoms with Gasteiger partial charge >= 0.3 is 0 Å². The third-order valence-corrected chi connectivity index (χ3v) is 2.50. The predicted octanol–water partition coefficient (Wildman–Crippen LogP) is 0.444. The summed E-state index contributed by atoms with van der Waals surface area (Å²) in [5.74, 6) is -0.207. The van der Waals surface area contributed by atoms with E-state index in [2.05, 4.69) is 5.32 Å². The molecule has 1 amide bonds. The Morgan fingerprint density at radius 1 is 1.41 bits per heavy atom. The third-order valence-electron chi connectivity index (χ3n) is 2.50. The maximum atomic E-state index is 11.5. The first-order valence-electron chi connectivity index (χ1n) is 5.85. The summed E-state index contributed by atoms with van der Waals surface area (Å²) in [6, 6.07) is 9.40. The number of aryl methyl sites for hydroxylation is 1. The Morgan fingerprint density at radius 3 is 2.65 bits per heavy atom. The highest BCUT2D eigenvalue weighted by atomic mass is 16.3. The van der Waals surface area contributed by atoms with Crippen molar-refractivity contribution in [1.82, 2.24) is 5.32 Å². The molecule has 0 aliphatic carbocycles. The lowest BCUT2D eigenvalue weighted by Crippen LogP contribution is -2.43. The van der Waals surface area contributed by atoms with Gasteiger partial charge in [0.05, 0.1) is 12.1 Å². The van der Waals surface area contributed by atoms with E-state index in [9.17, 15) is 4.79 Å². The molecule has 0 radical (unpaired) electrons. The molecule has 0 aromatic heterocycles. The van der Waals surface area contributed by atoms with E-state index < -0.39 is 12.1 Å². The van der Waals surface area contributed by atoms with Crippen LogP contribution < -0.4 is 11.1 Å². The highest BCUT2D eigenvalue weighted by Crippen LogP contribution is 2.03. The van der Waals surface area contributed by atoms with Gasteiger partial charge in [-0.05, 0) is 25.3 Å². The first kappa shape index (κ1) is 13.7. The fourth-order valence-corrected chi connectivity index (χ4v) is 1.48. The standard InChI is InChI=1S/C13H20N2O2/c1-10(16)9-15-13(17)12(14)8-7-11-5-3-2-4-6-11/h2-6,10,12,16H,7-9,14H2,1H3,(H,15,17)/t10-,12?/m0/s1. The Bertz CT molecular complexity index is 339. The molecule has 1 unspecified atom stereocenters. The van der Waals surface area contributed by atoms with Crippen molar-refractivity contribution in [1.29, 1.82) is 0 Å². The molecule has 2 atom stereocenters. The molecule has 0 saturated carbocycles. The summed E-state index contributed by atoms with van der Waals surface area (Å²) in [4.78, 5) is 11.5. The number of benzene rings is 1. The number of hydrogen-bond acceptors (Lipinski definition) is 3. The van der Waals surface area contributed by atoms with Crippen LogP contribution in [0.5, 0.6) is 0 Å². The van der Waals surface area contributed by atoms with E-state index in [1.165, 1.54) is 5.56 Å². The van der Waals surface area contributed by atoms with Gasteiger partial charge in [0.15, 0.2) is 0 Å². The van der Waals surface area contributed by atoms with E-state index in [-0.39, 0.29) is 12.5 Å². The number of carbonyl (C=O) groups is 1. The van der Waals surface area contributed by atoms with Crippen molar-refractivity contribution in [2.24, 2.45) is 5.73 Å². The highest BCUT2D eigenvalue weighted by Gasteiger charge is 2.13. The smallest absolute Gasteiger partial charge is 0.237 e. The van der Waals surface area contributed by atoms with E-state index in [4.69, 9.17) is 10.8 Å². The van der Waals surface area contributed by atoms with Gasteiger partial charge in [0.25, 0.3) is 0 Å². The number of nitrogens with two attached hydrogens (primary N) is 1. The van der Waals surface area contributed by atoms with E-state index in [1.54, 1.807) is 6.92 Å². The predicted molar refractivity (Wildman–Crippen MR) is 67.4 cm³/mol. The van der Waals surface area contributed by atoms with Gasteiger partial charge in [0.1, 0.15) is 0 Å². The average molecular weight is 236 g/mol.